The third kappa shape index (κ3) is 4.40. The Hall–Kier alpha value is -0.770. The summed E-state index contributed by atoms with van der Waals surface area (Å²) in [6.45, 7) is 10.1. The zero-order valence-electron chi connectivity index (χ0n) is 15.2. The highest BCUT2D eigenvalue weighted by atomic mass is 16.6. The van der Waals surface area contributed by atoms with Gasteiger partial charge >= 0.3 is 6.09 Å². The third-order valence-corrected chi connectivity index (χ3v) is 6.00. The monoisotopic (exact) mass is 322 g/mol. The number of carbonyl (C=O) groups excluding carboxylic acids is 1. The van der Waals surface area contributed by atoms with E-state index in [1.54, 1.807) is 0 Å². The van der Waals surface area contributed by atoms with E-state index in [0.717, 1.165) is 24.9 Å². The Morgan fingerprint density at radius 2 is 1.65 bits per heavy atom. The maximum Gasteiger partial charge on any atom is 0.410 e. The Bertz CT molecular complexity index is 408. The first-order valence-electron chi connectivity index (χ1n) is 9.54. The lowest BCUT2D eigenvalue weighted by molar-refractivity contribution is -0.0555. The second-order valence-electron chi connectivity index (χ2n) is 9.21. The van der Waals surface area contributed by atoms with Gasteiger partial charge in [-0.2, -0.15) is 0 Å². The molecule has 0 aromatic carbocycles. The molecule has 1 spiro atoms. The van der Waals surface area contributed by atoms with Crippen molar-refractivity contribution in [1.82, 2.24) is 10.2 Å². The first-order valence-corrected chi connectivity index (χ1v) is 9.54. The van der Waals surface area contributed by atoms with Crippen LogP contribution in [0.4, 0.5) is 4.79 Å². The highest BCUT2D eigenvalue weighted by Gasteiger charge is 2.48. The van der Waals surface area contributed by atoms with Crippen LogP contribution in [-0.2, 0) is 4.74 Å². The molecule has 3 rings (SSSR count). The van der Waals surface area contributed by atoms with E-state index in [1.807, 2.05) is 25.7 Å². The molecule has 132 valence electrons. The van der Waals surface area contributed by atoms with E-state index in [4.69, 9.17) is 4.74 Å². The minimum absolute atomic E-state index is 0.125. The summed E-state index contributed by atoms with van der Waals surface area (Å²) >= 11 is 0. The molecule has 3 aliphatic rings. The molecule has 2 heterocycles. The van der Waals surface area contributed by atoms with Gasteiger partial charge in [-0.05, 0) is 90.6 Å². The summed E-state index contributed by atoms with van der Waals surface area (Å²) in [7, 11) is 0. The Kier molecular flexibility index (Phi) is 4.91. The number of nitrogens with one attached hydrogen (secondary N) is 1. The second kappa shape index (κ2) is 6.62. The summed E-state index contributed by atoms with van der Waals surface area (Å²) in [5.74, 6) is 1.88. The molecule has 0 unspecified atom stereocenters. The van der Waals surface area contributed by atoms with E-state index in [0.29, 0.717) is 5.41 Å². The Labute approximate surface area is 141 Å². The van der Waals surface area contributed by atoms with Crippen LogP contribution in [0, 0.1) is 17.3 Å². The van der Waals surface area contributed by atoms with Crippen LogP contribution in [0.2, 0.25) is 0 Å². The molecule has 2 aliphatic heterocycles. The third-order valence-electron chi connectivity index (χ3n) is 6.00. The average Bonchev–Trinajstić information content (AvgIpc) is 2.45. The Morgan fingerprint density at radius 3 is 2.22 bits per heavy atom. The normalized spacial score (nSPS) is 26.1. The van der Waals surface area contributed by atoms with Crippen molar-refractivity contribution in [2.24, 2.45) is 17.3 Å². The first-order chi connectivity index (χ1) is 10.9. The highest BCUT2D eigenvalue weighted by molar-refractivity contribution is 5.69. The minimum Gasteiger partial charge on any atom is -0.444 e. The van der Waals surface area contributed by atoms with Gasteiger partial charge in [0.05, 0.1) is 0 Å². The van der Waals surface area contributed by atoms with Crippen molar-refractivity contribution >= 4 is 6.09 Å². The first kappa shape index (κ1) is 17.1. The second-order valence-corrected chi connectivity index (χ2v) is 9.21. The molecule has 2 saturated heterocycles. The number of rotatable bonds is 2. The highest BCUT2D eigenvalue weighted by Crippen LogP contribution is 2.47. The summed E-state index contributed by atoms with van der Waals surface area (Å²) in [6, 6.07) is 0. The molecule has 4 nitrogen and oxygen atoms in total. The standard InChI is InChI=1S/C19H34N2O2/c1-18(2,3)23-17(22)21-13-19(14-21)8-4-15(5-9-19)12-16-6-10-20-11-7-16/h15-16,20H,4-14H2,1-3H3. The lowest BCUT2D eigenvalue weighted by Crippen LogP contribution is -2.60. The number of nitrogens with zero attached hydrogens (tertiary/aromatic N) is 1. The number of likely N-dealkylation sites (tertiary alicyclic amines) is 1. The SMILES string of the molecule is CC(C)(C)OC(=O)N1CC2(CCC(CC3CCNCC3)CC2)C1. The Morgan fingerprint density at radius 1 is 1.09 bits per heavy atom. The van der Waals surface area contributed by atoms with E-state index in [2.05, 4.69) is 5.32 Å². The van der Waals surface area contributed by atoms with Crippen LogP contribution >= 0.6 is 0 Å². The minimum atomic E-state index is -0.383. The van der Waals surface area contributed by atoms with Gasteiger partial charge in [0.15, 0.2) is 0 Å². The van der Waals surface area contributed by atoms with E-state index >= 15 is 0 Å². The van der Waals surface area contributed by atoms with Gasteiger partial charge in [-0.1, -0.05) is 0 Å². The zero-order valence-corrected chi connectivity index (χ0v) is 15.2. The topological polar surface area (TPSA) is 41.6 Å². The summed E-state index contributed by atoms with van der Waals surface area (Å²) in [6.07, 6.45) is 9.40. The van der Waals surface area contributed by atoms with Gasteiger partial charge in [-0.3, -0.25) is 0 Å². The van der Waals surface area contributed by atoms with Crippen LogP contribution in [0.3, 0.4) is 0 Å². The maximum atomic E-state index is 12.1. The van der Waals surface area contributed by atoms with E-state index < -0.39 is 0 Å². The van der Waals surface area contributed by atoms with Crippen molar-refractivity contribution in [3.63, 3.8) is 0 Å². The summed E-state index contributed by atoms with van der Waals surface area (Å²) < 4.78 is 5.48. The van der Waals surface area contributed by atoms with Crippen LogP contribution < -0.4 is 5.32 Å². The summed E-state index contributed by atoms with van der Waals surface area (Å²) in [5, 5.41) is 3.47. The quantitative estimate of drug-likeness (QED) is 0.840. The molecule has 0 bridgehead atoms. The van der Waals surface area contributed by atoms with Gasteiger partial charge < -0.3 is 15.0 Å². The number of ether oxygens (including phenoxy) is 1. The van der Waals surface area contributed by atoms with Crippen LogP contribution in [-0.4, -0.2) is 42.8 Å². The van der Waals surface area contributed by atoms with Gasteiger partial charge in [0.1, 0.15) is 5.60 Å². The summed E-state index contributed by atoms with van der Waals surface area (Å²) in [5.41, 5.74) is 0.0356. The van der Waals surface area contributed by atoms with Crippen LogP contribution in [0.25, 0.3) is 0 Å². The van der Waals surface area contributed by atoms with Crippen LogP contribution in [0.15, 0.2) is 0 Å². The van der Waals surface area contributed by atoms with Crippen LogP contribution in [0.5, 0.6) is 0 Å². The van der Waals surface area contributed by atoms with Gasteiger partial charge in [0.2, 0.25) is 0 Å². The predicted octanol–water partition coefficient (Wildman–Crippen LogP) is 3.80. The lowest BCUT2D eigenvalue weighted by Gasteiger charge is -2.53. The fraction of sp³-hybridized carbons (Fsp3) is 0.947. The molecule has 1 aliphatic carbocycles. The van der Waals surface area contributed by atoms with Crippen molar-refractivity contribution in [3.05, 3.63) is 0 Å². The molecule has 1 saturated carbocycles. The van der Waals surface area contributed by atoms with Crippen molar-refractivity contribution < 1.29 is 9.53 Å². The van der Waals surface area contributed by atoms with E-state index in [1.165, 1.54) is 58.0 Å². The van der Waals surface area contributed by atoms with Crippen LogP contribution in [0.1, 0.15) is 65.7 Å². The molecule has 1 amide bonds. The fourth-order valence-electron chi connectivity index (χ4n) is 4.65. The number of hydrogen-bond donors (Lipinski definition) is 1. The molecule has 23 heavy (non-hydrogen) atoms. The van der Waals surface area contributed by atoms with E-state index in [9.17, 15) is 4.79 Å². The zero-order chi connectivity index (χ0) is 16.5. The molecule has 3 fully saturated rings. The molecule has 4 heteroatoms. The van der Waals surface area contributed by atoms with Gasteiger partial charge in [0, 0.05) is 18.5 Å². The van der Waals surface area contributed by atoms with Gasteiger partial charge in [0.25, 0.3) is 0 Å². The van der Waals surface area contributed by atoms with Crippen molar-refractivity contribution in [2.45, 2.75) is 71.3 Å². The molecule has 1 N–H and O–H groups in total. The number of amides is 1. The smallest absolute Gasteiger partial charge is 0.410 e. The Balaban J connectivity index is 1.39. The molecular formula is C19H34N2O2. The fourth-order valence-corrected chi connectivity index (χ4v) is 4.65. The molecular weight excluding hydrogens is 288 g/mol. The number of hydrogen-bond acceptors (Lipinski definition) is 3. The van der Waals surface area contributed by atoms with Gasteiger partial charge in [-0.25, -0.2) is 4.79 Å². The molecule has 0 atom stereocenters. The molecule has 0 radical (unpaired) electrons. The van der Waals surface area contributed by atoms with Crippen molar-refractivity contribution in [1.29, 1.82) is 0 Å². The number of piperidine rings is 1. The predicted molar refractivity (Wildman–Crippen MR) is 92.4 cm³/mol. The summed E-state index contributed by atoms with van der Waals surface area (Å²) in [4.78, 5) is 14.0. The molecule has 0 aromatic heterocycles. The van der Waals surface area contributed by atoms with Crippen molar-refractivity contribution in [3.8, 4) is 0 Å². The number of carbonyl (C=O) groups is 1. The van der Waals surface area contributed by atoms with Gasteiger partial charge in [-0.15, -0.1) is 0 Å². The maximum absolute atomic E-state index is 12.1. The van der Waals surface area contributed by atoms with E-state index in [-0.39, 0.29) is 11.7 Å². The lowest BCUT2D eigenvalue weighted by atomic mass is 9.64. The largest absolute Gasteiger partial charge is 0.444 e. The average molecular weight is 322 g/mol. The van der Waals surface area contributed by atoms with Crippen molar-refractivity contribution in [2.75, 3.05) is 26.2 Å². The molecule has 0 aromatic rings.